The first kappa shape index (κ1) is 21.3. The standard InChI is InChI=1S/C19H17F4N5O2S/c20-10-3-9-8-31-18(24)28-19(9,5-10)12-4-11(1-2-13(12)21)27-16(29)14-6-26-15(7-25-14)30-17(22)23/h1-2,4,6-7,9-10,17H,3,5,8H2,(H2,24,28)(H,27,29)/t9-,10+,19-/m0/s1. The average molecular weight is 455 g/mol. The molecule has 7 nitrogen and oxygen atoms in total. The SMILES string of the molecule is NC1=N[C@@]2(c3cc(NC(=O)c4cnc(OC(F)F)cn4)ccc3F)C[C@H](F)C[C@H]2CS1. The summed E-state index contributed by atoms with van der Waals surface area (Å²) in [6.45, 7) is -3.07. The number of anilines is 1. The van der Waals surface area contributed by atoms with Crippen LogP contribution >= 0.6 is 11.8 Å². The molecule has 0 saturated heterocycles. The van der Waals surface area contributed by atoms with E-state index < -0.39 is 35.9 Å². The lowest BCUT2D eigenvalue weighted by molar-refractivity contribution is -0.0531. The van der Waals surface area contributed by atoms with E-state index in [4.69, 9.17) is 5.73 Å². The highest BCUT2D eigenvalue weighted by Crippen LogP contribution is 2.52. The van der Waals surface area contributed by atoms with Crippen LogP contribution in [-0.2, 0) is 5.54 Å². The number of aromatic nitrogens is 2. The summed E-state index contributed by atoms with van der Waals surface area (Å²) < 4.78 is 57.5. The van der Waals surface area contributed by atoms with Crippen molar-refractivity contribution in [2.24, 2.45) is 16.6 Å². The summed E-state index contributed by atoms with van der Waals surface area (Å²) in [6.07, 6.45) is 0.979. The Bertz CT molecular complexity index is 1020. The third-order valence-corrected chi connectivity index (χ3v) is 6.21. The summed E-state index contributed by atoms with van der Waals surface area (Å²) >= 11 is 1.31. The number of hydrogen-bond donors (Lipinski definition) is 2. The monoisotopic (exact) mass is 455 g/mol. The van der Waals surface area contributed by atoms with Crippen LogP contribution in [0.15, 0.2) is 35.6 Å². The van der Waals surface area contributed by atoms with Crippen LogP contribution < -0.4 is 15.8 Å². The van der Waals surface area contributed by atoms with E-state index in [1.807, 2.05) is 0 Å². The van der Waals surface area contributed by atoms with Crippen molar-refractivity contribution in [3.05, 3.63) is 47.7 Å². The molecule has 2 aliphatic rings. The number of benzene rings is 1. The van der Waals surface area contributed by atoms with Crippen molar-refractivity contribution in [3.63, 3.8) is 0 Å². The van der Waals surface area contributed by atoms with Gasteiger partial charge in [0.15, 0.2) is 5.17 Å². The maximum Gasteiger partial charge on any atom is 0.388 e. The predicted molar refractivity (Wildman–Crippen MR) is 106 cm³/mol. The van der Waals surface area contributed by atoms with Gasteiger partial charge in [-0.3, -0.25) is 9.79 Å². The van der Waals surface area contributed by atoms with Crippen LogP contribution in [0.3, 0.4) is 0 Å². The van der Waals surface area contributed by atoms with E-state index in [0.717, 1.165) is 12.4 Å². The highest BCUT2D eigenvalue weighted by molar-refractivity contribution is 8.13. The first-order chi connectivity index (χ1) is 14.8. The molecule has 1 aliphatic heterocycles. The number of nitrogens with zero attached hydrogens (tertiary/aromatic N) is 3. The van der Waals surface area contributed by atoms with Crippen LogP contribution in [0.1, 0.15) is 28.9 Å². The Morgan fingerprint density at radius 1 is 1.32 bits per heavy atom. The fourth-order valence-corrected chi connectivity index (χ4v) is 4.97. The van der Waals surface area contributed by atoms with Crippen LogP contribution in [-0.4, -0.2) is 39.6 Å². The molecular formula is C19H17F4N5O2S. The van der Waals surface area contributed by atoms with E-state index in [-0.39, 0.29) is 40.9 Å². The molecule has 0 spiro atoms. The van der Waals surface area contributed by atoms with E-state index in [0.29, 0.717) is 5.75 Å². The van der Waals surface area contributed by atoms with Gasteiger partial charge in [0.1, 0.15) is 17.7 Å². The number of hydrogen-bond acceptors (Lipinski definition) is 7. The predicted octanol–water partition coefficient (Wildman–Crippen LogP) is 3.47. The zero-order chi connectivity index (χ0) is 22.2. The largest absolute Gasteiger partial charge is 0.415 e. The molecule has 1 fully saturated rings. The van der Waals surface area contributed by atoms with Crippen molar-refractivity contribution in [3.8, 4) is 5.88 Å². The quantitative estimate of drug-likeness (QED) is 0.670. The molecular weight excluding hydrogens is 438 g/mol. The van der Waals surface area contributed by atoms with Gasteiger partial charge in [0.2, 0.25) is 5.88 Å². The lowest BCUT2D eigenvalue weighted by Gasteiger charge is -2.35. The van der Waals surface area contributed by atoms with Crippen molar-refractivity contribution >= 4 is 28.5 Å². The minimum absolute atomic E-state index is 0.00429. The Balaban J connectivity index is 1.60. The van der Waals surface area contributed by atoms with E-state index in [1.54, 1.807) is 0 Å². The van der Waals surface area contributed by atoms with Gasteiger partial charge < -0.3 is 15.8 Å². The summed E-state index contributed by atoms with van der Waals surface area (Å²) in [7, 11) is 0. The molecule has 1 saturated carbocycles. The number of thioether (sulfide) groups is 1. The van der Waals surface area contributed by atoms with Gasteiger partial charge >= 0.3 is 6.61 Å². The Hall–Kier alpha value is -2.89. The van der Waals surface area contributed by atoms with Gasteiger partial charge in [-0.15, -0.1) is 0 Å². The zero-order valence-corrected chi connectivity index (χ0v) is 16.7. The molecule has 1 aliphatic carbocycles. The Morgan fingerprint density at radius 2 is 2.13 bits per heavy atom. The maximum atomic E-state index is 14.8. The van der Waals surface area contributed by atoms with Gasteiger partial charge in [-0.25, -0.2) is 18.7 Å². The van der Waals surface area contributed by atoms with Gasteiger partial charge in [-0.1, -0.05) is 11.8 Å². The third-order valence-electron chi connectivity index (χ3n) is 5.25. The maximum absolute atomic E-state index is 14.8. The lowest BCUT2D eigenvalue weighted by Crippen LogP contribution is -2.37. The molecule has 4 rings (SSSR count). The average Bonchev–Trinajstić information content (AvgIpc) is 3.05. The molecule has 0 bridgehead atoms. The van der Waals surface area contributed by atoms with Crippen molar-refractivity contribution < 1.29 is 27.1 Å². The molecule has 1 aromatic carbocycles. The number of amidine groups is 1. The van der Waals surface area contributed by atoms with Crippen LogP contribution in [0.25, 0.3) is 0 Å². The number of fused-ring (bicyclic) bond motifs is 1. The Kier molecular flexibility index (Phi) is 5.73. The van der Waals surface area contributed by atoms with Gasteiger partial charge in [0.25, 0.3) is 5.91 Å². The number of carbonyl (C=O) groups is 1. The van der Waals surface area contributed by atoms with Gasteiger partial charge in [-0.05, 0) is 24.6 Å². The molecule has 3 N–H and O–H groups in total. The molecule has 12 heteroatoms. The van der Waals surface area contributed by atoms with Crippen LogP contribution in [0.2, 0.25) is 0 Å². The minimum atomic E-state index is -3.07. The van der Waals surface area contributed by atoms with Crippen LogP contribution in [0.4, 0.5) is 23.2 Å². The molecule has 0 unspecified atom stereocenters. The summed E-state index contributed by atoms with van der Waals surface area (Å²) in [6, 6.07) is 3.92. The second kappa shape index (κ2) is 8.33. The molecule has 2 aromatic rings. The Labute approximate surface area is 178 Å². The molecule has 1 amide bonds. The van der Waals surface area contributed by atoms with E-state index in [9.17, 15) is 22.4 Å². The number of nitrogens with two attached hydrogens (primary N) is 1. The minimum Gasteiger partial charge on any atom is -0.415 e. The Morgan fingerprint density at radius 3 is 2.84 bits per heavy atom. The number of nitrogens with one attached hydrogen (secondary N) is 1. The summed E-state index contributed by atoms with van der Waals surface area (Å²) in [5, 5.41) is 2.81. The molecule has 1 aromatic heterocycles. The highest BCUT2D eigenvalue weighted by atomic mass is 32.2. The van der Waals surface area contributed by atoms with E-state index in [1.165, 1.54) is 30.0 Å². The molecule has 0 radical (unpaired) electrons. The normalized spacial score (nSPS) is 25.1. The number of amides is 1. The number of rotatable bonds is 5. The molecule has 3 atom stereocenters. The molecule has 2 heterocycles. The van der Waals surface area contributed by atoms with Crippen LogP contribution in [0, 0.1) is 11.7 Å². The van der Waals surface area contributed by atoms with Crippen LogP contribution in [0.5, 0.6) is 5.88 Å². The summed E-state index contributed by atoms with van der Waals surface area (Å²) in [5.41, 5.74) is 4.97. The van der Waals surface area contributed by atoms with E-state index in [2.05, 4.69) is 25.0 Å². The summed E-state index contributed by atoms with van der Waals surface area (Å²) in [5.74, 6) is -1.41. The summed E-state index contributed by atoms with van der Waals surface area (Å²) in [4.78, 5) is 24.2. The number of carbonyl (C=O) groups excluding carboxylic acids is 1. The van der Waals surface area contributed by atoms with Crippen molar-refractivity contribution in [1.29, 1.82) is 0 Å². The zero-order valence-electron chi connectivity index (χ0n) is 15.9. The fraction of sp³-hybridized carbons (Fsp3) is 0.368. The molecule has 164 valence electrons. The topological polar surface area (TPSA) is 102 Å². The van der Waals surface area contributed by atoms with Gasteiger partial charge in [-0.2, -0.15) is 8.78 Å². The second-order valence-corrected chi connectivity index (χ2v) is 8.23. The first-order valence-corrected chi connectivity index (χ1v) is 10.3. The smallest absolute Gasteiger partial charge is 0.388 e. The third kappa shape index (κ3) is 4.29. The van der Waals surface area contributed by atoms with Gasteiger partial charge in [0.05, 0.1) is 17.9 Å². The van der Waals surface area contributed by atoms with Gasteiger partial charge in [0, 0.05) is 29.3 Å². The number of alkyl halides is 3. The number of aliphatic imine (C=N–C) groups is 1. The first-order valence-electron chi connectivity index (χ1n) is 9.27. The van der Waals surface area contributed by atoms with E-state index >= 15 is 0 Å². The fourth-order valence-electron chi connectivity index (χ4n) is 3.95. The lowest BCUT2D eigenvalue weighted by atomic mass is 9.81. The highest BCUT2D eigenvalue weighted by Gasteiger charge is 2.52. The second-order valence-electron chi connectivity index (χ2n) is 7.19. The number of ether oxygens (including phenoxy) is 1. The number of halogens is 4. The van der Waals surface area contributed by atoms with Crippen molar-refractivity contribution in [1.82, 2.24) is 9.97 Å². The van der Waals surface area contributed by atoms with Crippen molar-refractivity contribution in [2.45, 2.75) is 31.2 Å². The molecule has 31 heavy (non-hydrogen) atoms. The van der Waals surface area contributed by atoms with Crippen molar-refractivity contribution in [2.75, 3.05) is 11.1 Å².